The highest BCUT2D eigenvalue weighted by Crippen LogP contribution is 2.21. The van der Waals surface area contributed by atoms with Crippen molar-refractivity contribution >= 4 is 11.6 Å². The second-order valence-corrected chi connectivity index (χ2v) is 5.91. The van der Waals surface area contributed by atoms with Crippen molar-refractivity contribution < 1.29 is 9.18 Å². The molecule has 0 radical (unpaired) electrons. The van der Waals surface area contributed by atoms with Gasteiger partial charge >= 0.3 is 0 Å². The molecule has 0 bridgehead atoms. The Balaban J connectivity index is 3.08. The Morgan fingerprint density at radius 2 is 1.75 bits per heavy atom. The molecule has 1 aromatic rings. The maximum Gasteiger partial charge on any atom is 0.256 e. The van der Waals surface area contributed by atoms with Crippen LogP contribution in [-0.4, -0.2) is 30.9 Å². The van der Waals surface area contributed by atoms with E-state index >= 15 is 0 Å². The first-order valence-electron chi connectivity index (χ1n) is 7.12. The number of para-hydroxylation sites is 1. The van der Waals surface area contributed by atoms with Crippen LogP contribution in [0, 0.1) is 17.7 Å². The van der Waals surface area contributed by atoms with Gasteiger partial charge in [0.05, 0.1) is 11.3 Å². The van der Waals surface area contributed by atoms with Crippen LogP contribution in [0.1, 0.15) is 38.1 Å². The van der Waals surface area contributed by atoms with Gasteiger partial charge in [-0.15, -0.1) is 0 Å². The molecule has 0 atom stereocenters. The Morgan fingerprint density at radius 3 is 2.20 bits per heavy atom. The number of nitrogens with zero attached hydrogens (tertiary/aromatic N) is 1. The Hall–Kier alpha value is -1.58. The minimum atomic E-state index is -0.396. The van der Waals surface area contributed by atoms with E-state index in [1.54, 1.807) is 19.2 Å². The van der Waals surface area contributed by atoms with E-state index in [2.05, 4.69) is 33.0 Å². The van der Waals surface area contributed by atoms with Crippen molar-refractivity contribution in [2.45, 2.75) is 27.7 Å². The van der Waals surface area contributed by atoms with E-state index in [4.69, 9.17) is 0 Å². The van der Waals surface area contributed by atoms with Crippen LogP contribution in [0.4, 0.5) is 10.1 Å². The zero-order valence-electron chi connectivity index (χ0n) is 13.0. The molecule has 0 saturated carbocycles. The molecule has 0 saturated heterocycles. The first-order valence-corrected chi connectivity index (χ1v) is 7.12. The van der Waals surface area contributed by atoms with Gasteiger partial charge in [-0.05, 0) is 24.0 Å². The molecule has 112 valence electrons. The molecule has 1 N–H and O–H groups in total. The van der Waals surface area contributed by atoms with Gasteiger partial charge in [-0.25, -0.2) is 4.39 Å². The molecule has 3 nitrogen and oxygen atoms in total. The standard InChI is InChI=1S/C16H25FN2O/c1-11(2)9-19(10-12(3)4)16(20)13-7-6-8-14(17)15(13)18-5/h6-8,11-12,18H,9-10H2,1-5H3. The summed E-state index contributed by atoms with van der Waals surface area (Å²) in [6.45, 7) is 9.65. The van der Waals surface area contributed by atoms with E-state index in [9.17, 15) is 9.18 Å². The molecule has 0 heterocycles. The molecular weight excluding hydrogens is 255 g/mol. The maximum atomic E-state index is 13.8. The normalized spacial score (nSPS) is 11.0. The van der Waals surface area contributed by atoms with Crippen LogP contribution >= 0.6 is 0 Å². The van der Waals surface area contributed by atoms with Gasteiger partial charge < -0.3 is 10.2 Å². The maximum absolute atomic E-state index is 13.8. The van der Waals surface area contributed by atoms with Crippen molar-refractivity contribution in [1.82, 2.24) is 4.90 Å². The molecule has 1 aromatic carbocycles. The highest BCUT2D eigenvalue weighted by Gasteiger charge is 2.21. The summed E-state index contributed by atoms with van der Waals surface area (Å²) in [5.41, 5.74) is 0.670. The van der Waals surface area contributed by atoms with Crippen molar-refractivity contribution in [3.05, 3.63) is 29.6 Å². The van der Waals surface area contributed by atoms with E-state index in [-0.39, 0.29) is 11.6 Å². The fraction of sp³-hybridized carbons (Fsp3) is 0.562. The average molecular weight is 280 g/mol. The fourth-order valence-electron chi connectivity index (χ4n) is 2.25. The molecule has 0 unspecified atom stereocenters. The lowest BCUT2D eigenvalue weighted by Gasteiger charge is -2.27. The third kappa shape index (κ3) is 4.22. The lowest BCUT2D eigenvalue weighted by Crippen LogP contribution is -2.37. The van der Waals surface area contributed by atoms with E-state index in [1.807, 2.05) is 4.90 Å². The van der Waals surface area contributed by atoms with Crippen LogP contribution in [-0.2, 0) is 0 Å². The lowest BCUT2D eigenvalue weighted by molar-refractivity contribution is 0.0715. The van der Waals surface area contributed by atoms with Crippen LogP contribution in [0.2, 0.25) is 0 Å². The van der Waals surface area contributed by atoms with Crippen LogP contribution in [0.5, 0.6) is 0 Å². The predicted octanol–water partition coefficient (Wildman–Crippen LogP) is 3.62. The third-order valence-electron chi connectivity index (χ3n) is 2.95. The van der Waals surface area contributed by atoms with Crippen LogP contribution in [0.25, 0.3) is 0 Å². The smallest absolute Gasteiger partial charge is 0.256 e. The highest BCUT2D eigenvalue weighted by molar-refractivity contribution is 5.99. The second kappa shape index (κ2) is 7.27. The quantitative estimate of drug-likeness (QED) is 0.863. The van der Waals surface area contributed by atoms with Gasteiger partial charge in [-0.3, -0.25) is 4.79 Å². The van der Waals surface area contributed by atoms with E-state index in [0.717, 1.165) is 0 Å². The Bertz CT molecular complexity index is 448. The minimum Gasteiger partial charge on any atom is -0.385 e. The summed E-state index contributed by atoms with van der Waals surface area (Å²) in [7, 11) is 1.63. The largest absolute Gasteiger partial charge is 0.385 e. The summed E-state index contributed by atoms with van der Waals surface area (Å²) in [5, 5.41) is 2.78. The number of nitrogens with one attached hydrogen (secondary N) is 1. The summed E-state index contributed by atoms with van der Waals surface area (Å²) < 4.78 is 13.8. The number of benzene rings is 1. The number of hydrogen-bond donors (Lipinski definition) is 1. The van der Waals surface area contributed by atoms with Crippen molar-refractivity contribution in [3.8, 4) is 0 Å². The van der Waals surface area contributed by atoms with E-state index in [1.165, 1.54) is 6.07 Å². The minimum absolute atomic E-state index is 0.115. The molecule has 0 fully saturated rings. The monoisotopic (exact) mass is 280 g/mol. The molecule has 0 aliphatic rings. The number of rotatable bonds is 6. The predicted molar refractivity (Wildman–Crippen MR) is 81.5 cm³/mol. The fourth-order valence-corrected chi connectivity index (χ4v) is 2.25. The van der Waals surface area contributed by atoms with Crippen molar-refractivity contribution in [2.75, 3.05) is 25.5 Å². The molecule has 20 heavy (non-hydrogen) atoms. The SMILES string of the molecule is CNc1c(F)cccc1C(=O)N(CC(C)C)CC(C)C. The van der Waals surface area contributed by atoms with Crippen molar-refractivity contribution in [2.24, 2.45) is 11.8 Å². The summed E-state index contributed by atoms with van der Waals surface area (Å²) in [6.07, 6.45) is 0. The number of hydrogen-bond acceptors (Lipinski definition) is 2. The number of anilines is 1. The van der Waals surface area contributed by atoms with E-state index < -0.39 is 5.82 Å². The van der Waals surface area contributed by atoms with Crippen LogP contribution < -0.4 is 5.32 Å². The van der Waals surface area contributed by atoms with Gasteiger partial charge in [0.2, 0.25) is 0 Å². The van der Waals surface area contributed by atoms with Crippen molar-refractivity contribution in [1.29, 1.82) is 0 Å². The molecule has 4 heteroatoms. The molecule has 0 spiro atoms. The van der Waals surface area contributed by atoms with Gasteiger partial charge in [-0.2, -0.15) is 0 Å². The number of halogens is 1. The van der Waals surface area contributed by atoms with Crippen LogP contribution in [0.3, 0.4) is 0 Å². The van der Waals surface area contributed by atoms with Gasteiger partial charge in [0.15, 0.2) is 0 Å². The topological polar surface area (TPSA) is 32.3 Å². The van der Waals surface area contributed by atoms with E-state index in [0.29, 0.717) is 30.5 Å². The highest BCUT2D eigenvalue weighted by atomic mass is 19.1. The zero-order valence-corrected chi connectivity index (χ0v) is 13.0. The number of amides is 1. The average Bonchev–Trinajstić information content (AvgIpc) is 2.35. The Morgan fingerprint density at radius 1 is 1.20 bits per heavy atom. The molecular formula is C16H25FN2O. The number of carbonyl (C=O) groups is 1. The molecule has 0 aromatic heterocycles. The van der Waals surface area contributed by atoms with Gasteiger partial charge in [0.25, 0.3) is 5.91 Å². The van der Waals surface area contributed by atoms with Gasteiger partial charge in [0, 0.05) is 20.1 Å². The van der Waals surface area contributed by atoms with Gasteiger partial charge in [0.1, 0.15) is 5.82 Å². The van der Waals surface area contributed by atoms with Gasteiger partial charge in [-0.1, -0.05) is 33.8 Å². The first kappa shape index (κ1) is 16.5. The van der Waals surface area contributed by atoms with Crippen molar-refractivity contribution in [3.63, 3.8) is 0 Å². The summed E-state index contributed by atoms with van der Waals surface area (Å²) >= 11 is 0. The Labute approximate surface area is 121 Å². The lowest BCUT2D eigenvalue weighted by atomic mass is 10.1. The molecule has 0 aliphatic heterocycles. The summed E-state index contributed by atoms with van der Waals surface area (Å²) in [5.74, 6) is 0.247. The Kier molecular flexibility index (Phi) is 5.99. The summed E-state index contributed by atoms with van der Waals surface area (Å²) in [4.78, 5) is 14.5. The molecule has 1 rings (SSSR count). The third-order valence-corrected chi connectivity index (χ3v) is 2.95. The van der Waals surface area contributed by atoms with Crippen LogP contribution in [0.15, 0.2) is 18.2 Å². The summed E-state index contributed by atoms with van der Waals surface area (Å²) in [6, 6.07) is 4.61. The zero-order chi connectivity index (χ0) is 15.3. The molecule has 0 aliphatic carbocycles. The first-order chi connectivity index (χ1) is 9.36. The number of carbonyl (C=O) groups excluding carboxylic acids is 1. The molecule has 1 amide bonds. The second-order valence-electron chi connectivity index (χ2n) is 5.91.